The highest BCUT2D eigenvalue weighted by molar-refractivity contribution is 7.92. The maximum atomic E-state index is 13.8. The van der Waals surface area contributed by atoms with Gasteiger partial charge in [-0.2, -0.15) is 21.6 Å². The number of aryl methyl sites for hydroxylation is 1. The number of methoxy groups -OCH3 is 1. The summed E-state index contributed by atoms with van der Waals surface area (Å²) in [7, 11) is -2.79. The number of halogens is 3. The predicted molar refractivity (Wildman–Crippen MR) is 199 cm³/mol. The van der Waals surface area contributed by atoms with E-state index in [4.69, 9.17) is 23.7 Å². The molecule has 2 heterocycles. The van der Waals surface area contributed by atoms with Crippen LogP contribution in [0, 0.1) is 0 Å². The Hall–Kier alpha value is -4.71. The van der Waals surface area contributed by atoms with Gasteiger partial charge in [0.25, 0.3) is 10.0 Å². The van der Waals surface area contributed by atoms with Crippen molar-refractivity contribution in [3.05, 3.63) is 101 Å². The van der Waals surface area contributed by atoms with Crippen molar-refractivity contribution < 1.29 is 60.0 Å². The number of nitrogens with zero attached hydrogens (tertiary/aromatic N) is 1. The minimum absolute atomic E-state index is 0.0142. The fourth-order valence-corrected chi connectivity index (χ4v) is 7.20. The number of nitrogens with one attached hydrogen (secondary N) is 2. The number of ether oxygens (including phenoxy) is 5. The van der Waals surface area contributed by atoms with Crippen LogP contribution in [-0.4, -0.2) is 89.5 Å². The highest BCUT2D eigenvalue weighted by Gasteiger charge is 2.43. The van der Waals surface area contributed by atoms with E-state index in [0.29, 0.717) is 76.4 Å². The average molecular weight is 808 g/mol. The van der Waals surface area contributed by atoms with Crippen molar-refractivity contribution in [2.75, 3.05) is 58.0 Å². The molecule has 17 heteroatoms. The lowest BCUT2D eigenvalue weighted by atomic mass is 9.80. The first kappa shape index (κ1) is 44.0. The maximum Gasteiger partial charge on any atom is 0.417 e. The number of aliphatic hydroxyl groups is 1. The number of sulfonamides is 1. The van der Waals surface area contributed by atoms with Crippen LogP contribution in [-0.2, 0) is 51.1 Å². The topological polar surface area (TPSA) is 172 Å². The lowest BCUT2D eigenvalue weighted by Gasteiger charge is -2.39. The standard InChI is InChI=1S/C39H48F3N3O10S/c1-3-32(29-11-7-12-31(25-29)45-56(49,50)34-14-13-30(27-44-34)39(40,41)42)35-33(46)26-38(55-36(35)47,17-15-28-9-5-4-6-10-28)16-8-18-43-37(48)54-24-23-53-22-21-52-20-19-51-2/h4-7,9-14,25,27,32,45-46H,3,8,15-24,26H2,1-2H3,(H,43,48)/t32-,38-/m1/s1. The minimum Gasteiger partial charge on any atom is -0.512 e. The molecule has 1 aromatic heterocycles. The van der Waals surface area contributed by atoms with Gasteiger partial charge in [0.15, 0.2) is 5.03 Å². The molecule has 0 aliphatic carbocycles. The Morgan fingerprint density at radius 2 is 1.70 bits per heavy atom. The zero-order valence-corrected chi connectivity index (χ0v) is 32.1. The van der Waals surface area contributed by atoms with Gasteiger partial charge in [-0.3, -0.25) is 4.72 Å². The summed E-state index contributed by atoms with van der Waals surface area (Å²) in [5.74, 6) is -1.56. The monoisotopic (exact) mass is 807 g/mol. The summed E-state index contributed by atoms with van der Waals surface area (Å²) in [4.78, 5) is 29.6. The molecule has 1 aliphatic rings. The van der Waals surface area contributed by atoms with Gasteiger partial charge in [0.2, 0.25) is 0 Å². The first-order valence-corrected chi connectivity index (χ1v) is 19.7. The van der Waals surface area contributed by atoms with Crippen molar-refractivity contribution in [2.24, 2.45) is 0 Å². The third-order valence-electron chi connectivity index (χ3n) is 9.02. The highest BCUT2D eigenvalue weighted by Crippen LogP contribution is 2.42. The number of alkyl carbamates (subject to hydrolysis) is 1. The lowest BCUT2D eigenvalue weighted by molar-refractivity contribution is -0.161. The number of pyridine rings is 1. The van der Waals surface area contributed by atoms with E-state index in [9.17, 15) is 36.3 Å². The minimum atomic E-state index is -4.68. The van der Waals surface area contributed by atoms with Crippen LogP contribution in [0.5, 0.6) is 0 Å². The molecule has 13 nitrogen and oxygen atoms in total. The summed E-state index contributed by atoms with van der Waals surface area (Å²) < 4.78 is 94.2. The number of alkyl halides is 3. The third kappa shape index (κ3) is 13.2. The van der Waals surface area contributed by atoms with Crippen LogP contribution in [0.15, 0.2) is 89.3 Å². The molecule has 306 valence electrons. The van der Waals surface area contributed by atoms with Gasteiger partial charge in [-0.15, -0.1) is 0 Å². The number of aliphatic hydroxyl groups excluding tert-OH is 1. The van der Waals surface area contributed by atoms with Crippen LogP contribution in [0.1, 0.15) is 61.6 Å². The second-order valence-corrected chi connectivity index (χ2v) is 14.7. The second-order valence-electron chi connectivity index (χ2n) is 13.1. The number of benzene rings is 2. The highest BCUT2D eigenvalue weighted by atomic mass is 32.2. The Morgan fingerprint density at radius 1 is 0.982 bits per heavy atom. The normalized spacial score (nSPS) is 16.6. The van der Waals surface area contributed by atoms with Gasteiger partial charge in [0.1, 0.15) is 18.0 Å². The van der Waals surface area contributed by atoms with Crippen molar-refractivity contribution in [2.45, 2.75) is 68.2 Å². The SMILES string of the molecule is CC[C@@H](C1=C(O)C[C@@](CCCNC(=O)OCCOCCOCCOC)(CCc2ccccc2)OC1=O)c1cccc(NS(=O)(=O)c2ccc(C(F)(F)F)cn2)c1. The van der Waals surface area contributed by atoms with E-state index in [2.05, 4.69) is 15.0 Å². The molecule has 2 aromatic carbocycles. The van der Waals surface area contributed by atoms with Crippen molar-refractivity contribution in [1.82, 2.24) is 10.3 Å². The molecule has 1 amide bonds. The van der Waals surface area contributed by atoms with Crippen molar-refractivity contribution in [3.63, 3.8) is 0 Å². The summed E-state index contributed by atoms with van der Waals surface area (Å²) in [6.07, 6.45) is -2.85. The largest absolute Gasteiger partial charge is 0.512 e. The number of carbonyl (C=O) groups excluding carboxylic acids is 2. The molecule has 0 fully saturated rings. The van der Waals surface area contributed by atoms with Crippen molar-refractivity contribution in [1.29, 1.82) is 0 Å². The molecule has 3 aromatic rings. The van der Waals surface area contributed by atoms with Crippen LogP contribution in [0.4, 0.5) is 23.7 Å². The van der Waals surface area contributed by atoms with Crippen LogP contribution < -0.4 is 10.0 Å². The van der Waals surface area contributed by atoms with E-state index < -0.39 is 50.4 Å². The molecule has 0 bridgehead atoms. The van der Waals surface area contributed by atoms with E-state index in [0.717, 1.165) is 11.6 Å². The Kier molecular flexibility index (Phi) is 16.5. The summed E-state index contributed by atoms with van der Waals surface area (Å²) in [6.45, 7) is 3.96. The second kappa shape index (κ2) is 21.0. The Labute approximate surface area is 324 Å². The number of aromatic nitrogens is 1. The summed E-state index contributed by atoms with van der Waals surface area (Å²) in [5.41, 5.74) is -0.558. The van der Waals surface area contributed by atoms with Crippen LogP contribution in [0.2, 0.25) is 0 Å². The first-order valence-electron chi connectivity index (χ1n) is 18.2. The van der Waals surface area contributed by atoms with E-state index in [1.165, 1.54) is 12.1 Å². The molecule has 1 aliphatic heterocycles. The molecule has 4 rings (SSSR count). The quantitative estimate of drug-likeness (QED) is 0.0728. The Balaban J connectivity index is 1.41. The molecule has 0 spiro atoms. The predicted octanol–water partition coefficient (Wildman–Crippen LogP) is 6.71. The van der Waals surface area contributed by atoms with Crippen molar-refractivity contribution >= 4 is 27.8 Å². The summed E-state index contributed by atoms with van der Waals surface area (Å²) in [5, 5.41) is 13.6. The van der Waals surface area contributed by atoms with Gasteiger partial charge in [0.05, 0.1) is 44.2 Å². The van der Waals surface area contributed by atoms with Gasteiger partial charge in [-0.25, -0.2) is 14.6 Å². The Morgan fingerprint density at radius 3 is 2.34 bits per heavy atom. The zero-order chi connectivity index (χ0) is 40.6. The third-order valence-corrected chi connectivity index (χ3v) is 10.3. The molecular formula is C39H48F3N3O10S. The van der Waals surface area contributed by atoms with Gasteiger partial charge in [-0.1, -0.05) is 49.4 Å². The van der Waals surface area contributed by atoms with Gasteiger partial charge < -0.3 is 34.1 Å². The summed E-state index contributed by atoms with van der Waals surface area (Å²) >= 11 is 0. The maximum absolute atomic E-state index is 13.8. The molecular weight excluding hydrogens is 760 g/mol. The smallest absolute Gasteiger partial charge is 0.417 e. The Bertz CT molecular complexity index is 1860. The molecule has 3 N–H and O–H groups in total. The molecule has 56 heavy (non-hydrogen) atoms. The molecule has 0 unspecified atom stereocenters. The molecule has 0 saturated carbocycles. The zero-order valence-electron chi connectivity index (χ0n) is 31.3. The number of rotatable bonds is 22. The van der Waals surface area contributed by atoms with E-state index in [1.807, 2.05) is 30.3 Å². The van der Waals surface area contributed by atoms with E-state index in [1.54, 1.807) is 26.2 Å². The number of amides is 1. The average Bonchev–Trinajstić information content (AvgIpc) is 3.16. The van der Waals surface area contributed by atoms with Crippen LogP contribution in [0.3, 0.4) is 0 Å². The van der Waals surface area contributed by atoms with Gasteiger partial charge in [-0.05, 0) is 67.5 Å². The lowest BCUT2D eigenvalue weighted by Crippen LogP contribution is -2.42. The first-order chi connectivity index (χ1) is 26.8. The molecule has 2 atom stereocenters. The van der Waals surface area contributed by atoms with Gasteiger partial charge >= 0.3 is 18.2 Å². The van der Waals surface area contributed by atoms with Crippen LogP contribution >= 0.6 is 0 Å². The number of cyclic esters (lactones) is 1. The number of esters is 1. The number of hydrogen-bond donors (Lipinski definition) is 3. The van der Waals surface area contributed by atoms with Crippen LogP contribution in [0.25, 0.3) is 0 Å². The number of carbonyl (C=O) groups is 2. The molecule has 0 saturated heterocycles. The fraction of sp³-hybridized carbons (Fsp3) is 0.462. The number of hydrogen-bond acceptors (Lipinski definition) is 11. The fourth-order valence-electron chi connectivity index (χ4n) is 6.22. The van der Waals surface area contributed by atoms with Gasteiger partial charge in [0, 0.05) is 37.9 Å². The van der Waals surface area contributed by atoms with E-state index >= 15 is 0 Å². The molecule has 0 radical (unpaired) electrons. The van der Waals surface area contributed by atoms with Crippen molar-refractivity contribution in [3.8, 4) is 0 Å². The number of anilines is 1. The summed E-state index contributed by atoms with van der Waals surface area (Å²) in [6, 6.07) is 17.2. The van der Waals surface area contributed by atoms with E-state index in [-0.39, 0.29) is 43.2 Å².